The number of anilines is 2. The maximum Gasteiger partial charge on any atom is 0.227 e. The fraction of sp³-hybridized carbons (Fsp3) is 0.273. The van der Waals surface area contributed by atoms with Gasteiger partial charge in [-0.1, -0.05) is 24.3 Å². The Bertz CT molecular complexity index is 883. The van der Waals surface area contributed by atoms with Crippen LogP contribution in [0, 0.1) is 34.5 Å². The molecule has 0 unspecified atom stereocenters. The number of benzene rings is 2. The van der Waals surface area contributed by atoms with Crippen LogP contribution in [-0.2, 0) is 9.59 Å². The summed E-state index contributed by atoms with van der Waals surface area (Å²) in [5.74, 6) is -0.586. The minimum atomic E-state index is -0.179. The lowest BCUT2D eigenvalue weighted by Crippen LogP contribution is -2.32. The zero-order valence-electron chi connectivity index (χ0n) is 15.3. The van der Waals surface area contributed by atoms with Gasteiger partial charge < -0.3 is 10.6 Å². The van der Waals surface area contributed by atoms with E-state index in [9.17, 15) is 9.59 Å². The van der Waals surface area contributed by atoms with Crippen LogP contribution in [0.2, 0.25) is 0 Å². The van der Waals surface area contributed by atoms with E-state index in [2.05, 4.69) is 22.8 Å². The molecular weight excluding hydrogens is 352 g/mol. The van der Waals surface area contributed by atoms with Crippen molar-refractivity contribution in [1.29, 1.82) is 10.5 Å². The predicted molar refractivity (Wildman–Crippen MR) is 105 cm³/mol. The van der Waals surface area contributed by atoms with Gasteiger partial charge in [0.25, 0.3) is 0 Å². The van der Waals surface area contributed by atoms with Crippen molar-refractivity contribution in [3.63, 3.8) is 0 Å². The summed E-state index contributed by atoms with van der Waals surface area (Å²) in [6.07, 6.45) is 2.44. The van der Waals surface area contributed by atoms with E-state index in [-0.39, 0.29) is 23.7 Å². The van der Waals surface area contributed by atoms with Crippen LogP contribution in [0.4, 0.5) is 11.4 Å². The average Bonchev–Trinajstić information content (AvgIpc) is 2.74. The van der Waals surface area contributed by atoms with Crippen molar-refractivity contribution >= 4 is 23.2 Å². The highest BCUT2D eigenvalue weighted by molar-refractivity contribution is 5.95. The third-order valence-electron chi connectivity index (χ3n) is 5.08. The van der Waals surface area contributed by atoms with E-state index in [0.717, 1.165) is 0 Å². The van der Waals surface area contributed by atoms with Crippen molar-refractivity contribution in [3.05, 3.63) is 59.7 Å². The number of carbonyl (C=O) groups excluding carboxylic acids is 2. The molecule has 0 saturated heterocycles. The van der Waals surface area contributed by atoms with Crippen molar-refractivity contribution in [2.75, 3.05) is 10.6 Å². The molecular formula is C22H20N4O2. The van der Waals surface area contributed by atoms with E-state index < -0.39 is 0 Å². The first kappa shape index (κ1) is 19.1. The normalized spacial score (nSPS) is 18.4. The van der Waals surface area contributed by atoms with Gasteiger partial charge in [-0.25, -0.2) is 0 Å². The van der Waals surface area contributed by atoms with Crippen molar-refractivity contribution in [3.8, 4) is 12.1 Å². The molecule has 0 radical (unpaired) electrons. The summed E-state index contributed by atoms with van der Waals surface area (Å²) in [7, 11) is 0. The van der Waals surface area contributed by atoms with Crippen molar-refractivity contribution < 1.29 is 9.59 Å². The van der Waals surface area contributed by atoms with Crippen LogP contribution >= 0.6 is 0 Å². The number of hydrogen-bond donors (Lipinski definition) is 2. The zero-order valence-corrected chi connectivity index (χ0v) is 15.3. The van der Waals surface area contributed by atoms with Gasteiger partial charge in [-0.15, -0.1) is 0 Å². The number of hydrogen-bond acceptors (Lipinski definition) is 4. The molecule has 1 fully saturated rings. The second-order valence-electron chi connectivity index (χ2n) is 6.84. The lowest BCUT2D eigenvalue weighted by atomic mass is 9.81. The Morgan fingerprint density at radius 3 is 1.43 bits per heavy atom. The fourth-order valence-corrected chi connectivity index (χ4v) is 3.47. The van der Waals surface area contributed by atoms with Crippen molar-refractivity contribution in [2.45, 2.75) is 25.7 Å². The smallest absolute Gasteiger partial charge is 0.227 e. The maximum atomic E-state index is 12.5. The Hall–Kier alpha value is -3.64. The summed E-state index contributed by atoms with van der Waals surface area (Å²) in [6.45, 7) is 0. The van der Waals surface area contributed by atoms with Gasteiger partial charge in [0.05, 0.1) is 22.5 Å². The van der Waals surface area contributed by atoms with Crippen LogP contribution in [0.5, 0.6) is 0 Å². The highest BCUT2D eigenvalue weighted by Gasteiger charge is 2.30. The Kier molecular flexibility index (Phi) is 6.04. The Morgan fingerprint density at radius 1 is 0.714 bits per heavy atom. The lowest BCUT2D eigenvalue weighted by molar-refractivity contribution is -0.125. The summed E-state index contributed by atoms with van der Waals surface area (Å²) >= 11 is 0. The molecule has 3 rings (SSSR count). The van der Waals surface area contributed by atoms with E-state index in [0.29, 0.717) is 48.2 Å². The van der Waals surface area contributed by atoms with Crippen LogP contribution in [0.25, 0.3) is 0 Å². The molecule has 1 saturated carbocycles. The van der Waals surface area contributed by atoms with E-state index in [1.165, 1.54) is 0 Å². The van der Waals surface area contributed by atoms with Crippen LogP contribution in [0.1, 0.15) is 36.8 Å². The van der Waals surface area contributed by atoms with Gasteiger partial charge in [0.15, 0.2) is 0 Å². The van der Waals surface area contributed by atoms with Gasteiger partial charge in [0, 0.05) is 11.8 Å². The molecule has 0 heterocycles. The molecule has 0 atom stereocenters. The maximum absolute atomic E-state index is 12.5. The summed E-state index contributed by atoms with van der Waals surface area (Å²) in [6, 6.07) is 17.9. The zero-order chi connectivity index (χ0) is 19.9. The highest BCUT2D eigenvalue weighted by Crippen LogP contribution is 2.31. The third-order valence-corrected chi connectivity index (χ3v) is 5.08. The predicted octanol–water partition coefficient (Wildman–Crippen LogP) is 3.81. The molecule has 0 aromatic heterocycles. The molecule has 2 N–H and O–H groups in total. The number of rotatable bonds is 4. The summed E-state index contributed by atoms with van der Waals surface area (Å²) in [5, 5.41) is 23.9. The van der Waals surface area contributed by atoms with E-state index >= 15 is 0 Å². The number of para-hydroxylation sites is 2. The van der Waals surface area contributed by atoms with Gasteiger partial charge in [0.1, 0.15) is 12.1 Å². The largest absolute Gasteiger partial charge is 0.325 e. The first-order valence-electron chi connectivity index (χ1n) is 9.22. The van der Waals surface area contributed by atoms with E-state index in [1.54, 1.807) is 48.5 Å². The van der Waals surface area contributed by atoms with E-state index in [4.69, 9.17) is 10.5 Å². The summed E-state index contributed by atoms with van der Waals surface area (Å²) in [5.41, 5.74) is 1.89. The molecule has 1 aliphatic rings. The third kappa shape index (κ3) is 4.36. The van der Waals surface area contributed by atoms with Gasteiger partial charge in [-0.3, -0.25) is 9.59 Å². The molecule has 2 aromatic rings. The quantitative estimate of drug-likeness (QED) is 0.851. The number of carbonyl (C=O) groups is 2. The Labute approximate surface area is 163 Å². The molecule has 2 amide bonds. The molecule has 1 aliphatic carbocycles. The number of amides is 2. The molecule has 0 spiro atoms. The summed E-state index contributed by atoms with van der Waals surface area (Å²) in [4.78, 5) is 25.1. The Balaban J connectivity index is 1.55. The second kappa shape index (κ2) is 8.83. The van der Waals surface area contributed by atoms with E-state index in [1.807, 2.05) is 0 Å². The minimum Gasteiger partial charge on any atom is -0.325 e. The van der Waals surface area contributed by atoms with Gasteiger partial charge in [-0.2, -0.15) is 10.5 Å². The van der Waals surface area contributed by atoms with Crippen LogP contribution in [0.3, 0.4) is 0 Å². The molecule has 28 heavy (non-hydrogen) atoms. The number of nitrogens with one attached hydrogen (secondary N) is 2. The van der Waals surface area contributed by atoms with Crippen molar-refractivity contribution in [1.82, 2.24) is 0 Å². The summed E-state index contributed by atoms with van der Waals surface area (Å²) < 4.78 is 0. The second-order valence-corrected chi connectivity index (χ2v) is 6.84. The van der Waals surface area contributed by atoms with Gasteiger partial charge in [0.2, 0.25) is 11.8 Å². The van der Waals surface area contributed by atoms with Gasteiger partial charge >= 0.3 is 0 Å². The van der Waals surface area contributed by atoms with Crippen molar-refractivity contribution in [2.24, 2.45) is 11.8 Å². The number of nitrogens with zero attached hydrogens (tertiary/aromatic N) is 2. The first-order chi connectivity index (χ1) is 13.6. The Morgan fingerprint density at radius 2 is 1.07 bits per heavy atom. The minimum absolute atomic E-state index is 0.114. The standard InChI is InChI=1S/C22H20N4O2/c23-13-17-5-1-3-7-19(17)25-21(27)15-9-11-16(12-10-15)22(28)26-20-8-4-2-6-18(20)14-24/h1-8,15-16H,9-12H2,(H,25,27)(H,26,28). The SMILES string of the molecule is N#Cc1ccccc1NC(=O)C1CCC(C(=O)Nc2ccccc2C#N)CC1. The molecule has 140 valence electrons. The monoisotopic (exact) mass is 372 g/mol. The molecule has 0 aliphatic heterocycles. The molecule has 2 aromatic carbocycles. The molecule has 0 bridgehead atoms. The van der Waals surface area contributed by atoms with Gasteiger partial charge in [-0.05, 0) is 49.9 Å². The highest BCUT2D eigenvalue weighted by atomic mass is 16.2. The molecule has 6 nitrogen and oxygen atoms in total. The average molecular weight is 372 g/mol. The molecule has 6 heteroatoms. The fourth-order valence-electron chi connectivity index (χ4n) is 3.47. The van der Waals surface area contributed by atoms with Crippen LogP contribution in [0.15, 0.2) is 48.5 Å². The number of nitriles is 2. The van der Waals surface area contributed by atoms with Crippen LogP contribution in [-0.4, -0.2) is 11.8 Å². The topological polar surface area (TPSA) is 106 Å². The lowest BCUT2D eigenvalue weighted by Gasteiger charge is -2.27. The first-order valence-corrected chi connectivity index (χ1v) is 9.22. The van der Waals surface area contributed by atoms with Crippen LogP contribution < -0.4 is 10.6 Å².